The van der Waals surface area contributed by atoms with Gasteiger partial charge in [0, 0.05) is 28.6 Å². The molecule has 4 nitrogen and oxygen atoms in total. The quantitative estimate of drug-likeness (QED) is 0.475. The molecule has 2 aromatic carbocycles. The molecule has 0 spiro atoms. The molecule has 3 rings (SSSR count). The Labute approximate surface area is 187 Å². The first-order valence-electron chi connectivity index (χ1n) is 10.4. The molecule has 1 unspecified atom stereocenters. The highest BCUT2D eigenvalue weighted by Gasteiger charge is 2.22. The van der Waals surface area contributed by atoms with Crippen molar-refractivity contribution >= 4 is 27.5 Å². The van der Waals surface area contributed by atoms with E-state index in [4.69, 9.17) is 21.1 Å². The molecule has 2 aromatic rings. The minimum atomic E-state index is 0.468. The number of likely N-dealkylation sites (N-methyl/N-ethyl adjacent to an activating group) is 1. The van der Waals surface area contributed by atoms with E-state index in [1.807, 2.05) is 37.3 Å². The molecule has 0 amide bonds. The van der Waals surface area contributed by atoms with E-state index in [1.54, 1.807) is 0 Å². The van der Waals surface area contributed by atoms with Crippen LogP contribution < -0.4 is 14.8 Å². The Morgan fingerprint density at radius 2 is 1.90 bits per heavy atom. The third-order valence-electron chi connectivity index (χ3n) is 5.32. The molecular weight excluding hydrogens is 452 g/mol. The summed E-state index contributed by atoms with van der Waals surface area (Å²) in [6.45, 7) is 9.46. The molecule has 0 radical (unpaired) electrons. The first kappa shape index (κ1) is 22.4. The first-order valence-corrected chi connectivity index (χ1v) is 11.5. The van der Waals surface area contributed by atoms with E-state index in [-0.39, 0.29) is 0 Å². The van der Waals surface area contributed by atoms with Crippen molar-refractivity contribution in [1.29, 1.82) is 0 Å². The summed E-state index contributed by atoms with van der Waals surface area (Å²) >= 11 is 9.66. The fourth-order valence-corrected chi connectivity index (χ4v) is 4.34. The van der Waals surface area contributed by atoms with Gasteiger partial charge in [0.25, 0.3) is 0 Å². The predicted octanol–water partition coefficient (Wildman–Crippen LogP) is 5.65. The van der Waals surface area contributed by atoms with Gasteiger partial charge in [-0.2, -0.15) is 0 Å². The maximum Gasteiger partial charge on any atom is 0.162 e. The van der Waals surface area contributed by atoms with E-state index in [9.17, 15) is 0 Å². The Morgan fingerprint density at radius 1 is 1.14 bits per heavy atom. The largest absolute Gasteiger partial charge is 0.490 e. The van der Waals surface area contributed by atoms with Crippen LogP contribution in [0.2, 0.25) is 5.02 Å². The molecule has 0 aliphatic carbocycles. The van der Waals surface area contributed by atoms with Crippen molar-refractivity contribution < 1.29 is 9.47 Å². The number of halogens is 2. The average molecular weight is 482 g/mol. The van der Waals surface area contributed by atoms with E-state index < -0.39 is 0 Å². The van der Waals surface area contributed by atoms with Crippen LogP contribution >= 0.6 is 27.5 Å². The zero-order valence-electron chi connectivity index (χ0n) is 17.2. The van der Waals surface area contributed by atoms with E-state index in [0.29, 0.717) is 19.3 Å². The zero-order chi connectivity index (χ0) is 20.6. The number of nitrogens with one attached hydrogen (secondary N) is 1. The van der Waals surface area contributed by atoms with Gasteiger partial charge in [0.2, 0.25) is 0 Å². The monoisotopic (exact) mass is 480 g/mol. The van der Waals surface area contributed by atoms with Gasteiger partial charge in [0.1, 0.15) is 6.61 Å². The van der Waals surface area contributed by atoms with Gasteiger partial charge in [-0.1, -0.05) is 46.6 Å². The Bertz CT molecular complexity index is 785. The number of benzene rings is 2. The molecule has 1 N–H and O–H groups in total. The maximum absolute atomic E-state index is 6.04. The lowest BCUT2D eigenvalue weighted by molar-refractivity contribution is 0.259. The Hall–Kier alpha value is -1.27. The summed E-state index contributed by atoms with van der Waals surface area (Å²) in [5.41, 5.74) is 2.24. The lowest BCUT2D eigenvalue weighted by atomic mass is 10.1. The van der Waals surface area contributed by atoms with Gasteiger partial charge in [-0.3, -0.25) is 4.90 Å². The van der Waals surface area contributed by atoms with Crippen molar-refractivity contribution in [3.8, 4) is 11.5 Å². The van der Waals surface area contributed by atoms with E-state index in [1.165, 1.54) is 24.9 Å². The summed E-state index contributed by atoms with van der Waals surface area (Å²) in [6.07, 6.45) is 2.59. The Kier molecular flexibility index (Phi) is 8.67. The second kappa shape index (κ2) is 11.2. The number of ether oxygens (including phenoxy) is 2. The lowest BCUT2D eigenvalue weighted by Crippen LogP contribution is -2.37. The number of nitrogens with zero attached hydrogens (tertiary/aromatic N) is 1. The van der Waals surface area contributed by atoms with Crippen LogP contribution in [0.5, 0.6) is 11.5 Å². The SMILES string of the molecule is CCOc1cc(CNCC2CCCN2CC)c(Br)cc1OCc1ccc(Cl)cc1. The van der Waals surface area contributed by atoms with Crippen molar-refractivity contribution in [1.82, 2.24) is 10.2 Å². The fraction of sp³-hybridized carbons (Fsp3) is 0.478. The third kappa shape index (κ3) is 6.35. The Balaban J connectivity index is 1.62. The maximum atomic E-state index is 6.04. The third-order valence-corrected chi connectivity index (χ3v) is 6.31. The van der Waals surface area contributed by atoms with Crippen LogP contribution in [-0.4, -0.2) is 37.2 Å². The summed E-state index contributed by atoms with van der Waals surface area (Å²) in [6, 6.07) is 12.4. The van der Waals surface area contributed by atoms with Crippen LogP contribution in [0.3, 0.4) is 0 Å². The van der Waals surface area contributed by atoms with Gasteiger partial charge >= 0.3 is 0 Å². The van der Waals surface area contributed by atoms with Crippen LogP contribution in [-0.2, 0) is 13.2 Å². The van der Waals surface area contributed by atoms with E-state index in [0.717, 1.165) is 46.2 Å². The first-order chi connectivity index (χ1) is 14.1. The summed E-state index contributed by atoms with van der Waals surface area (Å²) in [4.78, 5) is 2.56. The van der Waals surface area contributed by atoms with E-state index in [2.05, 4.69) is 39.1 Å². The molecular formula is C23H30BrClN2O2. The normalized spacial score (nSPS) is 16.9. The molecule has 0 bridgehead atoms. The van der Waals surface area contributed by atoms with Crippen molar-refractivity contribution in [2.45, 2.75) is 45.9 Å². The van der Waals surface area contributed by atoms with Gasteiger partial charge in [0.15, 0.2) is 11.5 Å². The van der Waals surface area contributed by atoms with E-state index >= 15 is 0 Å². The molecule has 0 aromatic heterocycles. The molecule has 1 aliphatic rings. The minimum Gasteiger partial charge on any atom is -0.490 e. The highest BCUT2D eigenvalue weighted by molar-refractivity contribution is 9.10. The minimum absolute atomic E-state index is 0.468. The van der Waals surface area contributed by atoms with Gasteiger partial charge in [-0.05, 0) is 68.2 Å². The molecule has 1 fully saturated rings. The topological polar surface area (TPSA) is 33.7 Å². The summed E-state index contributed by atoms with van der Waals surface area (Å²) in [7, 11) is 0. The molecule has 1 atom stereocenters. The van der Waals surface area contributed by atoms with Gasteiger partial charge in [-0.15, -0.1) is 0 Å². The zero-order valence-corrected chi connectivity index (χ0v) is 19.6. The number of rotatable bonds is 10. The molecule has 29 heavy (non-hydrogen) atoms. The van der Waals surface area contributed by atoms with Crippen LogP contribution in [0.4, 0.5) is 0 Å². The van der Waals surface area contributed by atoms with Crippen molar-refractivity contribution in [3.05, 3.63) is 57.0 Å². The molecule has 158 valence electrons. The van der Waals surface area contributed by atoms with Crippen LogP contribution in [0.25, 0.3) is 0 Å². The van der Waals surface area contributed by atoms with Crippen LogP contribution in [0.15, 0.2) is 40.9 Å². The predicted molar refractivity (Wildman–Crippen MR) is 123 cm³/mol. The molecule has 1 saturated heterocycles. The highest BCUT2D eigenvalue weighted by atomic mass is 79.9. The second-order valence-corrected chi connectivity index (χ2v) is 8.58. The summed E-state index contributed by atoms with van der Waals surface area (Å²) < 4.78 is 12.9. The molecule has 0 saturated carbocycles. The molecule has 6 heteroatoms. The van der Waals surface area contributed by atoms with Crippen LogP contribution in [0.1, 0.15) is 37.8 Å². The highest BCUT2D eigenvalue weighted by Crippen LogP contribution is 2.34. The average Bonchev–Trinajstić information content (AvgIpc) is 3.18. The second-order valence-electron chi connectivity index (χ2n) is 7.29. The van der Waals surface area contributed by atoms with Gasteiger partial charge in [0.05, 0.1) is 6.61 Å². The van der Waals surface area contributed by atoms with Crippen molar-refractivity contribution in [2.75, 3.05) is 26.2 Å². The van der Waals surface area contributed by atoms with Crippen molar-refractivity contribution in [3.63, 3.8) is 0 Å². The van der Waals surface area contributed by atoms with Crippen molar-refractivity contribution in [2.24, 2.45) is 0 Å². The smallest absolute Gasteiger partial charge is 0.162 e. The lowest BCUT2D eigenvalue weighted by Gasteiger charge is -2.23. The summed E-state index contributed by atoms with van der Waals surface area (Å²) in [5, 5.41) is 4.35. The molecule has 1 aliphatic heterocycles. The number of hydrogen-bond donors (Lipinski definition) is 1. The standard InChI is InChI=1S/C23H30BrClN2O2/c1-3-27-11-5-6-20(27)15-26-14-18-12-22(28-4-2)23(13-21(18)24)29-16-17-7-9-19(25)10-8-17/h7-10,12-13,20,26H,3-6,11,14-16H2,1-2H3. The molecule has 1 heterocycles. The summed E-state index contributed by atoms with van der Waals surface area (Å²) in [5.74, 6) is 1.52. The van der Waals surface area contributed by atoms with Crippen LogP contribution in [0, 0.1) is 0 Å². The van der Waals surface area contributed by atoms with Gasteiger partial charge < -0.3 is 14.8 Å². The van der Waals surface area contributed by atoms with Gasteiger partial charge in [-0.25, -0.2) is 0 Å². The fourth-order valence-electron chi connectivity index (χ4n) is 3.75. The Morgan fingerprint density at radius 3 is 2.62 bits per heavy atom. The number of hydrogen-bond acceptors (Lipinski definition) is 4. The number of likely N-dealkylation sites (tertiary alicyclic amines) is 1.